The van der Waals surface area contributed by atoms with Crippen LogP contribution < -0.4 is 4.90 Å². The van der Waals surface area contributed by atoms with Crippen LogP contribution in [-0.4, -0.2) is 71.5 Å². The van der Waals surface area contributed by atoms with E-state index in [-0.39, 0.29) is 0 Å². The van der Waals surface area contributed by atoms with Crippen LogP contribution >= 0.6 is 15.9 Å². The zero-order valence-corrected chi connectivity index (χ0v) is 15.2. The lowest BCUT2D eigenvalue weighted by atomic mass is 10.0. The molecule has 2 aromatic rings. The summed E-state index contributed by atoms with van der Waals surface area (Å²) in [4.78, 5) is 12.1. The van der Waals surface area contributed by atoms with Crippen LogP contribution in [0.25, 0.3) is 5.65 Å². The van der Waals surface area contributed by atoms with Crippen molar-refractivity contribution in [2.45, 2.75) is 18.9 Å². The first-order valence-electron chi connectivity index (χ1n) is 8.51. The van der Waals surface area contributed by atoms with E-state index in [0.717, 1.165) is 29.4 Å². The van der Waals surface area contributed by atoms with E-state index in [4.69, 9.17) is 0 Å². The van der Waals surface area contributed by atoms with Crippen LogP contribution in [0.2, 0.25) is 0 Å². The molecule has 0 unspecified atom stereocenters. The Balaban J connectivity index is 1.40. The molecule has 0 bridgehead atoms. The molecule has 0 N–H and O–H groups in total. The number of rotatable bonds is 2. The van der Waals surface area contributed by atoms with E-state index in [1.54, 1.807) is 0 Å². The van der Waals surface area contributed by atoms with Crippen molar-refractivity contribution in [3.63, 3.8) is 0 Å². The van der Waals surface area contributed by atoms with Gasteiger partial charge >= 0.3 is 0 Å². The molecule has 2 aromatic heterocycles. The van der Waals surface area contributed by atoms with Crippen molar-refractivity contribution in [2.24, 2.45) is 0 Å². The third-order valence-electron chi connectivity index (χ3n) is 5.34. The SMILES string of the molecule is CN1CCN(C2CCN(c3ccn4c(Br)cnc4c3)CC2)CC1. The molecule has 0 atom stereocenters. The highest BCUT2D eigenvalue weighted by Crippen LogP contribution is 2.25. The standard InChI is InChI=1S/C17H24BrN5/c1-20-8-10-22(11-9-20)14-2-5-21(6-3-14)15-4-7-23-16(18)13-19-17(23)12-15/h4,7,12-14H,2-3,5-6,8-11H2,1H3. The number of piperidine rings is 1. The molecule has 5 nitrogen and oxygen atoms in total. The number of hydrogen-bond acceptors (Lipinski definition) is 4. The van der Waals surface area contributed by atoms with Gasteiger partial charge in [-0.25, -0.2) is 4.98 Å². The van der Waals surface area contributed by atoms with Gasteiger partial charge in [0.25, 0.3) is 0 Å². The minimum atomic E-state index is 0.768. The Kier molecular flexibility index (Phi) is 4.30. The summed E-state index contributed by atoms with van der Waals surface area (Å²) in [5, 5.41) is 0. The van der Waals surface area contributed by atoms with Gasteiger partial charge in [0.1, 0.15) is 10.3 Å². The minimum Gasteiger partial charge on any atom is -0.371 e. The quantitative estimate of drug-likeness (QED) is 0.802. The van der Waals surface area contributed by atoms with Gasteiger partial charge in [0.05, 0.1) is 6.20 Å². The van der Waals surface area contributed by atoms with Crippen LogP contribution in [-0.2, 0) is 0 Å². The summed E-state index contributed by atoms with van der Waals surface area (Å²) < 4.78 is 3.08. The van der Waals surface area contributed by atoms with Crippen LogP contribution in [0.1, 0.15) is 12.8 Å². The summed E-state index contributed by atoms with van der Waals surface area (Å²) >= 11 is 3.52. The number of aromatic nitrogens is 2. The molecule has 2 aliphatic rings. The fraction of sp³-hybridized carbons (Fsp3) is 0.588. The van der Waals surface area contributed by atoms with E-state index in [0.29, 0.717) is 0 Å². The molecule has 4 heterocycles. The minimum absolute atomic E-state index is 0.768. The zero-order chi connectivity index (χ0) is 15.8. The highest BCUT2D eigenvalue weighted by atomic mass is 79.9. The molecule has 0 aliphatic carbocycles. The number of nitrogens with zero attached hydrogens (tertiary/aromatic N) is 5. The molecule has 0 aromatic carbocycles. The first-order chi connectivity index (χ1) is 11.2. The van der Waals surface area contributed by atoms with E-state index in [1.807, 2.05) is 6.20 Å². The van der Waals surface area contributed by atoms with E-state index in [1.165, 1.54) is 44.7 Å². The summed E-state index contributed by atoms with van der Waals surface area (Å²) in [6.45, 7) is 7.19. The monoisotopic (exact) mass is 377 g/mol. The highest BCUT2D eigenvalue weighted by Gasteiger charge is 2.26. The predicted octanol–water partition coefficient (Wildman–Crippen LogP) is 2.31. The fourth-order valence-corrected chi connectivity index (χ4v) is 4.21. The maximum absolute atomic E-state index is 4.45. The molecule has 2 aliphatic heterocycles. The van der Waals surface area contributed by atoms with Gasteiger partial charge in [0.2, 0.25) is 0 Å². The topological polar surface area (TPSA) is 27.0 Å². The Morgan fingerprint density at radius 1 is 1.09 bits per heavy atom. The van der Waals surface area contributed by atoms with Gasteiger partial charge in [0, 0.05) is 63.3 Å². The van der Waals surface area contributed by atoms with Crippen LogP contribution in [0.5, 0.6) is 0 Å². The van der Waals surface area contributed by atoms with Gasteiger partial charge in [-0.2, -0.15) is 0 Å². The summed E-state index contributed by atoms with van der Waals surface area (Å²) in [5.41, 5.74) is 2.31. The summed E-state index contributed by atoms with van der Waals surface area (Å²) in [6, 6.07) is 5.17. The number of anilines is 1. The Morgan fingerprint density at radius 2 is 1.83 bits per heavy atom. The molecule has 2 saturated heterocycles. The van der Waals surface area contributed by atoms with E-state index < -0.39 is 0 Å². The predicted molar refractivity (Wildman–Crippen MR) is 97.2 cm³/mol. The van der Waals surface area contributed by atoms with Gasteiger partial charge < -0.3 is 9.80 Å². The Morgan fingerprint density at radius 3 is 2.57 bits per heavy atom. The molecule has 0 radical (unpaired) electrons. The van der Waals surface area contributed by atoms with Crippen LogP contribution in [0.3, 0.4) is 0 Å². The van der Waals surface area contributed by atoms with Gasteiger partial charge in [-0.3, -0.25) is 9.30 Å². The Hall–Kier alpha value is -1.11. The van der Waals surface area contributed by atoms with Gasteiger partial charge in [-0.15, -0.1) is 0 Å². The van der Waals surface area contributed by atoms with Crippen LogP contribution in [0.4, 0.5) is 5.69 Å². The number of piperazine rings is 1. The summed E-state index contributed by atoms with van der Waals surface area (Å²) in [5.74, 6) is 0. The van der Waals surface area contributed by atoms with Gasteiger partial charge in [0.15, 0.2) is 0 Å². The third-order valence-corrected chi connectivity index (χ3v) is 5.92. The molecule has 4 rings (SSSR count). The number of halogens is 1. The molecule has 23 heavy (non-hydrogen) atoms. The third kappa shape index (κ3) is 3.12. The molecule has 124 valence electrons. The van der Waals surface area contributed by atoms with Gasteiger partial charge in [-0.05, 0) is 41.9 Å². The van der Waals surface area contributed by atoms with Crippen molar-refractivity contribution in [3.05, 3.63) is 29.1 Å². The van der Waals surface area contributed by atoms with Crippen molar-refractivity contribution in [2.75, 3.05) is 51.2 Å². The first kappa shape index (κ1) is 15.4. The molecule has 0 spiro atoms. The van der Waals surface area contributed by atoms with E-state index >= 15 is 0 Å². The number of pyridine rings is 1. The highest BCUT2D eigenvalue weighted by molar-refractivity contribution is 9.10. The maximum atomic E-state index is 4.45. The van der Waals surface area contributed by atoms with E-state index in [9.17, 15) is 0 Å². The maximum Gasteiger partial charge on any atom is 0.139 e. The number of imidazole rings is 1. The van der Waals surface area contributed by atoms with E-state index in [2.05, 4.69) is 65.4 Å². The van der Waals surface area contributed by atoms with Crippen molar-refractivity contribution < 1.29 is 0 Å². The molecule has 0 saturated carbocycles. The Labute approximate surface area is 146 Å². The average Bonchev–Trinajstić information content (AvgIpc) is 2.96. The number of fused-ring (bicyclic) bond motifs is 1. The molecule has 6 heteroatoms. The second-order valence-electron chi connectivity index (χ2n) is 6.75. The zero-order valence-electron chi connectivity index (χ0n) is 13.7. The number of likely N-dealkylation sites (N-methyl/N-ethyl adjacent to an activating group) is 1. The van der Waals surface area contributed by atoms with Crippen LogP contribution in [0.15, 0.2) is 29.1 Å². The lowest BCUT2D eigenvalue weighted by molar-refractivity contribution is 0.0982. The lowest BCUT2D eigenvalue weighted by Gasteiger charge is -2.42. The molecular weight excluding hydrogens is 354 g/mol. The number of hydrogen-bond donors (Lipinski definition) is 0. The summed E-state index contributed by atoms with van der Waals surface area (Å²) in [7, 11) is 2.23. The Bertz CT molecular complexity index is 669. The smallest absolute Gasteiger partial charge is 0.139 e. The van der Waals surface area contributed by atoms with Crippen molar-refractivity contribution in [1.82, 2.24) is 19.2 Å². The molecular formula is C17H24BrN5. The summed E-state index contributed by atoms with van der Waals surface area (Å²) in [6.07, 6.45) is 6.51. The van der Waals surface area contributed by atoms with Gasteiger partial charge in [-0.1, -0.05) is 0 Å². The lowest BCUT2D eigenvalue weighted by Crippen LogP contribution is -2.52. The molecule has 2 fully saturated rings. The second-order valence-corrected chi connectivity index (χ2v) is 7.56. The van der Waals surface area contributed by atoms with Crippen molar-refractivity contribution >= 4 is 27.3 Å². The molecule has 0 amide bonds. The van der Waals surface area contributed by atoms with Crippen molar-refractivity contribution in [1.29, 1.82) is 0 Å². The second kappa shape index (κ2) is 6.42. The average molecular weight is 378 g/mol. The first-order valence-corrected chi connectivity index (χ1v) is 9.30. The van der Waals surface area contributed by atoms with Crippen molar-refractivity contribution in [3.8, 4) is 0 Å². The normalized spacial score (nSPS) is 22.1. The fourth-order valence-electron chi connectivity index (χ4n) is 3.81. The largest absolute Gasteiger partial charge is 0.371 e. The van der Waals surface area contributed by atoms with Crippen LogP contribution in [0, 0.1) is 0 Å².